The Labute approximate surface area is 133 Å². The van der Waals surface area contributed by atoms with E-state index in [1.165, 1.54) is 12.1 Å². The first-order valence-electron chi connectivity index (χ1n) is 7.84. The second kappa shape index (κ2) is 6.07. The molecule has 1 saturated carbocycles. The molecule has 1 N–H and O–H groups in total. The van der Waals surface area contributed by atoms with Gasteiger partial charge in [0.05, 0.1) is 0 Å². The van der Waals surface area contributed by atoms with Crippen molar-refractivity contribution in [3.63, 3.8) is 0 Å². The number of hydrogen-bond acceptors (Lipinski definition) is 3. The summed E-state index contributed by atoms with van der Waals surface area (Å²) in [6, 6.07) is 6.46. The number of carbonyl (C=O) groups excluding carboxylic acids is 1. The molecule has 1 atom stereocenters. The van der Waals surface area contributed by atoms with Crippen LogP contribution in [0.1, 0.15) is 65.5 Å². The number of Topliss-reactive ketones (excluding diaryl/α,β-unsaturated/α-hetero) is 1. The molecule has 1 aliphatic carbocycles. The van der Waals surface area contributed by atoms with Crippen molar-refractivity contribution in [1.82, 2.24) is 9.97 Å². The van der Waals surface area contributed by atoms with E-state index >= 15 is 0 Å². The number of aromatic amines is 1. The maximum Gasteiger partial charge on any atom is 0.251 e. The molecule has 0 aliphatic heterocycles. The van der Waals surface area contributed by atoms with Gasteiger partial charge in [-0.15, -0.1) is 0 Å². The van der Waals surface area contributed by atoms with Crippen LogP contribution in [0.4, 0.5) is 4.39 Å². The largest absolute Gasteiger partial charge is 0.311 e. The van der Waals surface area contributed by atoms with Crippen LogP contribution < -0.4 is 5.56 Å². The van der Waals surface area contributed by atoms with Crippen molar-refractivity contribution < 1.29 is 9.18 Å². The Morgan fingerprint density at radius 1 is 1.39 bits per heavy atom. The zero-order valence-corrected chi connectivity index (χ0v) is 13.2. The molecule has 0 amide bonds. The third-order valence-corrected chi connectivity index (χ3v) is 4.25. The number of aromatic nitrogens is 2. The highest BCUT2D eigenvalue weighted by Crippen LogP contribution is 2.41. The predicted molar refractivity (Wildman–Crippen MR) is 85.3 cm³/mol. The number of ketones is 1. The van der Waals surface area contributed by atoms with Gasteiger partial charge in [0.2, 0.25) is 0 Å². The second-order valence-electron chi connectivity index (χ2n) is 6.30. The van der Waals surface area contributed by atoms with Gasteiger partial charge in [-0.3, -0.25) is 9.59 Å². The molecule has 1 aromatic carbocycles. The van der Waals surface area contributed by atoms with E-state index in [4.69, 9.17) is 0 Å². The van der Waals surface area contributed by atoms with E-state index in [0.717, 1.165) is 24.0 Å². The van der Waals surface area contributed by atoms with Crippen molar-refractivity contribution in [1.29, 1.82) is 0 Å². The topological polar surface area (TPSA) is 62.8 Å². The number of carbonyl (C=O) groups is 1. The quantitative estimate of drug-likeness (QED) is 0.860. The fourth-order valence-electron chi connectivity index (χ4n) is 2.80. The van der Waals surface area contributed by atoms with E-state index in [9.17, 15) is 14.0 Å². The highest BCUT2D eigenvalue weighted by molar-refractivity contribution is 5.94. The van der Waals surface area contributed by atoms with Gasteiger partial charge >= 0.3 is 0 Å². The van der Waals surface area contributed by atoms with E-state index < -0.39 is 0 Å². The number of benzene rings is 1. The zero-order valence-electron chi connectivity index (χ0n) is 13.2. The van der Waals surface area contributed by atoms with Crippen molar-refractivity contribution in [3.05, 3.63) is 63.1 Å². The lowest BCUT2D eigenvalue weighted by Crippen LogP contribution is -2.15. The van der Waals surface area contributed by atoms with Gasteiger partial charge in [-0.05, 0) is 48.8 Å². The number of hydrogen-bond donors (Lipinski definition) is 1. The number of aryl methyl sites for hydroxylation is 1. The Bertz CT molecular complexity index is 809. The van der Waals surface area contributed by atoms with Crippen molar-refractivity contribution in [2.45, 2.75) is 44.9 Å². The summed E-state index contributed by atoms with van der Waals surface area (Å²) in [5.74, 6) is 0.247. The maximum absolute atomic E-state index is 14.1. The lowest BCUT2D eigenvalue weighted by atomic mass is 9.93. The van der Waals surface area contributed by atoms with Crippen LogP contribution in [0, 0.1) is 12.7 Å². The maximum atomic E-state index is 14.1. The zero-order chi connectivity index (χ0) is 16.6. The number of nitrogens with one attached hydrogen (secondary N) is 1. The summed E-state index contributed by atoms with van der Waals surface area (Å²) in [6.45, 7) is 3.51. The Kier molecular flexibility index (Phi) is 4.11. The third-order valence-electron chi connectivity index (χ3n) is 4.25. The van der Waals surface area contributed by atoms with E-state index in [2.05, 4.69) is 9.97 Å². The molecule has 0 bridgehead atoms. The van der Waals surface area contributed by atoms with Gasteiger partial charge in [0.25, 0.3) is 5.56 Å². The van der Waals surface area contributed by atoms with Crippen LogP contribution in [0.25, 0.3) is 0 Å². The summed E-state index contributed by atoms with van der Waals surface area (Å²) >= 11 is 0. The molecule has 0 spiro atoms. The van der Waals surface area contributed by atoms with Crippen molar-refractivity contribution in [2.75, 3.05) is 0 Å². The summed E-state index contributed by atoms with van der Waals surface area (Å²) in [7, 11) is 0. The van der Waals surface area contributed by atoms with Crippen molar-refractivity contribution >= 4 is 5.78 Å². The molecular formula is C18H19FN2O2. The Morgan fingerprint density at radius 3 is 2.74 bits per heavy atom. The Morgan fingerprint density at radius 2 is 2.13 bits per heavy atom. The molecule has 4 nitrogen and oxygen atoms in total. The molecule has 0 saturated heterocycles. The van der Waals surface area contributed by atoms with Gasteiger partial charge in [0, 0.05) is 12.5 Å². The number of H-pyrrole nitrogens is 1. The third kappa shape index (κ3) is 3.55. The lowest BCUT2D eigenvalue weighted by Gasteiger charge is -2.12. The van der Waals surface area contributed by atoms with Crippen LogP contribution in [0.3, 0.4) is 0 Å². The van der Waals surface area contributed by atoms with Crippen LogP contribution in [-0.4, -0.2) is 15.8 Å². The predicted octanol–water partition coefficient (Wildman–Crippen LogP) is 3.47. The molecule has 0 radical (unpaired) electrons. The Hall–Kier alpha value is -2.30. The average Bonchev–Trinajstić information content (AvgIpc) is 3.30. The summed E-state index contributed by atoms with van der Waals surface area (Å²) < 4.78 is 14.1. The van der Waals surface area contributed by atoms with Crippen LogP contribution in [0.15, 0.2) is 29.1 Å². The van der Waals surface area contributed by atoms with Crippen LogP contribution in [-0.2, 0) is 0 Å². The van der Waals surface area contributed by atoms with E-state index in [1.807, 2.05) is 19.1 Å². The molecule has 1 heterocycles. The highest BCUT2D eigenvalue weighted by atomic mass is 19.1. The molecule has 120 valence electrons. The Balaban J connectivity index is 1.75. The fraction of sp³-hybridized carbons (Fsp3) is 0.389. The van der Waals surface area contributed by atoms with Gasteiger partial charge in [0.15, 0.2) is 5.78 Å². The standard InChI is InChI=1S/C18H19FN2O2/c1-10(7-17(22)16-9-18(23)21-11(2)20-16)13-5-6-14(12-3-4-12)15(19)8-13/h5-6,8-10,12H,3-4,7H2,1-2H3,(H,20,21,23)/t10-/m0/s1. The number of halogens is 1. The first-order chi connectivity index (χ1) is 10.9. The van der Waals surface area contributed by atoms with Crippen molar-refractivity contribution in [2.24, 2.45) is 0 Å². The smallest absolute Gasteiger partial charge is 0.251 e. The summed E-state index contributed by atoms with van der Waals surface area (Å²) in [6.07, 6.45) is 2.30. The van der Waals surface area contributed by atoms with Gasteiger partial charge in [-0.1, -0.05) is 19.1 Å². The summed E-state index contributed by atoms with van der Waals surface area (Å²) in [5.41, 5.74) is 1.39. The molecule has 23 heavy (non-hydrogen) atoms. The minimum absolute atomic E-state index is 0.133. The van der Waals surface area contributed by atoms with Crippen molar-refractivity contribution in [3.8, 4) is 0 Å². The summed E-state index contributed by atoms with van der Waals surface area (Å²) in [4.78, 5) is 30.3. The van der Waals surface area contributed by atoms with E-state index in [1.54, 1.807) is 6.92 Å². The molecule has 1 fully saturated rings. The van der Waals surface area contributed by atoms with Crippen LogP contribution in [0.5, 0.6) is 0 Å². The van der Waals surface area contributed by atoms with Crippen LogP contribution in [0.2, 0.25) is 0 Å². The minimum atomic E-state index is -0.340. The minimum Gasteiger partial charge on any atom is -0.311 e. The molecule has 1 aliphatic rings. The van der Waals surface area contributed by atoms with Crippen LogP contribution >= 0.6 is 0 Å². The fourth-order valence-corrected chi connectivity index (χ4v) is 2.80. The SMILES string of the molecule is Cc1nc(C(=O)C[C@H](C)c2ccc(C3CC3)c(F)c2)cc(=O)[nH]1. The molecule has 0 unspecified atom stereocenters. The molecule has 5 heteroatoms. The molecule has 3 rings (SSSR count). The average molecular weight is 314 g/mol. The first kappa shape index (κ1) is 15.6. The summed E-state index contributed by atoms with van der Waals surface area (Å²) in [5, 5.41) is 0. The second-order valence-corrected chi connectivity index (χ2v) is 6.30. The van der Waals surface area contributed by atoms with Gasteiger partial charge < -0.3 is 4.98 Å². The normalized spacial score (nSPS) is 15.4. The van der Waals surface area contributed by atoms with Gasteiger partial charge in [-0.25, -0.2) is 9.37 Å². The van der Waals surface area contributed by atoms with E-state index in [0.29, 0.717) is 11.7 Å². The molecule has 1 aromatic heterocycles. The first-order valence-corrected chi connectivity index (χ1v) is 7.84. The lowest BCUT2D eigenvalue weighted by molar-refractivity contribution is 0.0970. The van der Waals surface area contributed by atoms with Gasteiger partial charge in [-0.2, -0.15) is 0 Å². The van der Waals surface area contributed by atoms with Gasteiger partial charge in [0.1, 0.15) is 17.3 Å². The van der Waals surface area contributed by atoms with E-state index in [-0.39, 0.29) is 35.2 Å². The molecule has 2 aromatic rings. The number of nitrogens with zero attached hydrogens (tertiary/aromatic N) is 1. The highest BCUT2D eigenvalue weighted by Gasteiger charge is 2.27. The number of rotatable bonds is 5. The molecular weight excluding hydrogens is 295 g/mol. The monoisotopic (exact) mass is 314 g/mol.